The van der Waals surface area contributed by atoms with Gasteiger partial charge in [0.05, 0.1) is 11.0 Å². The number of hydrogen-bond acceptors (Lipinski definition) is 2. The monoisotopic (exact) mass is 283 g/mol. The number of hydrogen-bond donors (Lipinski definition) is 2. The minimum Gasteiger partial charge on any atom is -0.392 e. The first kappa shape index (κ1) is 13.1. The van der Waals surface area contributed by atoms with Crippen molar-refractivity contribution in [3.8, 4) is 0 Å². The number of carbonyl (C=O) groups is 1. The van der Waals surface area contributed by atoms with Gasteiger partial charge in [-0.05, 0) is 37.1 Å². The largest absolute Gasteiger partial charge is 0.392 e. The Morgan fingerprint density at radius 3 is 2.72 bits per heavy atom. The van der Waals surface area contributed by atoms with E-state index in [1.54, 1.807) is 29.2 Å². The van der Waals surface area contributed by atoms with E-state index in [1.165, 1.54) is 0 Å². The number of nitrogens with one attached hydrogen (secondary N) is 1. The summed E-state index contributed by atoms with van der Waals surface area (Å²) in [6.07, 6.45) is 1.76. The van der Waals surface area contributed by atoms with Crippen molar-refractivity contribution in [2.75, 3.05) is 11.9 Å². The minimum atomic E-state index is -0.173. The van der Waals surface area contributed by atoms with Gasteiger partial charge in [-0.25, -0.2) is 4.79 Å². The van der Waals surface area contributed by atoms with E-state index >= 15 is 0 Å². The Kier molecular flexibility index (Phi) is 4.04. The molecular weight excluding hydrogens is 270 g/mol. The maximum Gasteiger partial charge on any atom is 0.322 e. The van der Waals surface area contributed by atoms with Crippen molar-refractivity contribution in [3.05, 3.63) is 29.3 Å². The Bertz CT molecular complexity index is 463. The third-order valence-corrected chi connectivity index (χ3v) is 3.46. The molecule has 0 bridgehead atoms. The number of urea groups is 1. The third kappa shape index (κ3) is 2.91. The molecule has 96 valence electrons. The molecule has 1 saturated heterocycles. The van der Waals surface area contributed by atoms with Gasteiger partial charge in [-0.1, -0.05) is 23.8 Å². The van der Waals surface area contributed by atoms with Gasteiger partial charge in [0.15, 0.2) is 0 Å². The van der Waals surface area contributed by atoms with Crippen molar-refractivity contribution in [1.82, 2.24) is 4.90 Å². The average molecular weight is 284 g/mol. The van der Waals surface area contributed by atoms with Crippen LogP contribution in [-0.2, 0) is 0 Å². The van der Waals surface area contributed by atoms with Crippen LogP contribution in [0.2, 0.25) is 5.02 Å². The molecule has 4 nitrogen and oxygen atoms in total. The molecule has 1 aliphatic heterocycles. The fourth-order valence-electron chi connectivity index (χ4n) is 2.03. The number of anilines is 1. The zero-order valence-corrected chi connectivity index (χ0v) is 11.3. The van der Waals surface area contributed by atoms with Crippen molar-refractivity contribution in [3.63, 3.8) is 0 Å². The van der Waals surface area contributed by atoms with Crippen molar-refractivity contribution in [2.24, 2.45) is 5.73 Å². The van der Waals surface area contributed by atoms with Crippen LogP contribution in [0.3, 0.4) is 0 Å². The molecule has 2 rings (SSSR count). The lowest BCUT2D eigenvalue weighted by molar-refractivity contribution is 0.217. The van der Waals surface area contributed by atoms with Gasteiger partial charge in [0.1, 0.15) is 0 Å². The summed E-state index contributed by atoms with van der Waals surface area (Å²) in [5, 5.41) is 3.44. The highest BCUT2D eigenvalue weighted by Crippen LogP contribution is 2.20. The Morgan fingerprint density at radius 1 is 1.44 bits per heavy atom. The molecule has 1 aliphatic rings. The van der Waals surface area contributed by atoms with Gasteiger partial charge in [-0.3, -0.25) is 0 Å². The van der Waals surface area contributed by atoms with Crippen LogP contribution < -0.4 is 11.1 Å². The SMILES string of the molecule is NC(=S)C1CCCN1C(=O)Nc1ccc(Cl)cc1. The number of nitrogens with two attached hydrogens (primary N) is 1. The topological polar surface area (TPSA) is 58.4 Å². The molecule has 0 saturated carbocycles. The second kappa shape index (κ2) is 5.54. The van der Waals surface area contributed by atoms with Crippen LogP contribution >= 0.6 is 23.8 Å². The maximum atomic E-state index is 12.1. The molecule has 1 aromatic carbocycles. The number of carbonyl (C=O) groups excluding carboxylic acids is 1. The number of benzene rings is 1. The molecule has 2 amide bonds. The molecule has 6 heteroatoms. The first-order valence-electron chi connectivity index (χ1n) is 5.70. The van der Waals surface area contributed by atoms with Gasteiger partial charge in [0, 0.05) is 17.3 Å². The van der Waals surface area contributed by atoms with Gasteiger partial charge in [-0.2, -0.15) is 0 Å². The molecule has 0 radical (unpaired) electrons. The number of rotatable bonds is 2. The van der Waals surface area contributed by atoms with E-state index in [4.69, 9.17) is 29.6 Å². The van der Waals surface area contributed by atoms with E-state index in [2.05, 4.69) is 5.32 Å². The Hall–Kier alpha value is -1.33. The average Bonchev–Trinajstić information content (AvgIpc) is 2.81. The highest BCUT2D eigenvalue weighted by atomic mass is 35.5. The summed E-state index contributed by atoms with van der Waals surface area (Å²) < 4.78 is 0. The lowest BCUT2D eigenvalue weighted by Gasteiger charge is -2.24. The normalized spacial score (nSPS) is 18.7. The molecule has 1 unspecified atom stereocenters. The van der Waals surface area contributed by atoms with Crippen LogP contribution in [0.5, 0.6) is 0 Å². The summed E-state index contributed by atoms with van der Waals surface area (Å²) in [6, 6.07) is 6.66. The van der Waals surface area contributed by atoms with Crippen molar-refractivity contribution >= 4 is 40.5 Å². The number of halogens is 1. The molecular formula is C12H14ClN3OS. The Labute approximate surface area is 116 Å². The number of amides is 2. The number of thiocarbonyl (C=S) groups is 1. The van der Waals surface area contributed by atoms with Crippen LogP contribution in [0.25, 0.3) is 0 Å². The summed E-state index contributed by atoms with van der Waals surface area (Å²) in [6.45, 7) is 0.682. The van der Waals surface area contributed by atoms with Crippen LogP contribution in [0.15, 0.2) is 24.3 Å². The second-order valence-electron chi connectivity index (χ2n) is 4.19. The fraction of sp³-hybridized carbons (Fsp3) is 0.333. The number of likely N-dealkylation sites (tertiary alicyclic amines) is 1. The van der Waals surface area contributed by atoms with Crippen LogP contribution in [-0.4, -0.2) is 28.5 Å². The highest BCUT2D eigenvalue weighted by molar-refractivity contribution is 7.80. The Balaban J connectivity index is 2.03. The minimum absolute atomic E-state index is 0.132. The molecule has 0 aromatic heterocycles. The molecule has 0 aliphatic carbocycles. The van der Waals surface area contributed by atoms with Crippen LogP contribution in [0.4, 0.5) is 10.5 Å². The van der Waals surface area contributed by atoms with Crippen molar-refractivity contribution in [1.29, 1.82) is 0 Å². The first-order valence-corrected chi connectivity index (χ1v) is 6.49. The molecule has 18 heavy (non-hydrogen) atoms. The summed E-state index contributed by atoms with van der Waals surface area (Å²) in [4.78, 5) is 14.1. The third-order valence-electron chi connectivity index (χ3n) is 2.94. The van der Waals surface area contributed by atoms with Gasteiger partial charge in [-0.15, -0.1) is 0 Å². The van der Waals surface area contributed by atoms with E-state index in [9.17, 15) is 4.79 Å². The molecule has 1 fully saturated rings. The van der Waals surface area contributed by atoms with Gasteiger partial charge in [0.2, 0.25) is 0 Å². The van der Waals surface area contributed by atoms with Gasteiger partial charge >= 0.3 is 6.03 Å². The quantitative estimate of drug-likeness (QED) is 0.821. The lowest BCUT2D eigenvalue weighted by atomic mass is 10.2. The predicted octanol–water partition coefficient (Wildman–Crippen LogP) is 2.62. The lowest BCUT2D eigenvalue weighted by Crippen LogP contribution is -2.44. The highest BCUT2D eigenvalue weighted by Gasteiger charge is 2.30. The smallest absolute Gasteiger partial charge is 0.322 e. The van der Waals surface area contributed by atoms with Crippen LogP contribution in [0, 0.1) is 0 Å². The van der Waals surface area contributed by atoms with E-state index in [0.717, 1.165) is 12.8 Å². The molecule has 1 atom stereocenters. The van der Waals surface area contributed by atoms with E-state index in [1.807, 2.05) is 0 Å². The predicted molar refractivity (Wildman–Crippen MR) is 77.0 cm³/mol. The van der Waals surface area contributed by atoms with Crippen LogP contribution in [0.1, 0.15) is 12.8 Å². The summed E-state index contributed by atoms with van der Waals surface area (Å²) >= 11 is 10.8. The zero-order chi connectivity index (χ0) is 13.1. The molecule has 1 heterocycles. The van der Waals surface area contributed by atoms with Crippen molar-refractivity contribution in [2.45, 2.75) is 18.9 Å². The number of nitrogens with zero attached hydrogens (tertiary/aromatic N) is 1. The van der Waals surface area contributed by atoms with Crippen molar-refractivity contribution < 1.29 is 4.79 Å². The summed E-state index contributed by atoms with van der Waals surface area (Å²) in [7, 11) is 0. The standard InChI is InChI=1S/C12H14ClN3OS/c13-8-3-5-9(6-4-8)15-12(17)16-7-1-2-10(16)11(14)18/h3-6,10H,1-2,7H2,(H2,14,18)(H,15,17). The molecule has 1 aromatic rings. The zero-order valence-electron chi connectivity index (χ0n) is 9.73. The Morgan fingerprint density at radius 2 is 2.11 bits per heavy atom. The molecule has 3 N–H and O–H groups in total. The summed E-state index contributed by atoms with van der Waals surface area (Å²) in [5.74, 6) is 0. The van der Waals surface area contributed by atoms with Gasteiger partial charge in [0.25, 0.3) is 0 Å². The summed E-state index contributed by atoms with van der Waals surface area (Å²) in [5.41, 5.74) is 6.34. The first-order chi connectivity index (χ1) is 8.58. The second-order valence-corrected chi connectivity index (χ2v) is 5.10. The fourth-order valence-corrected chi connectivity index (χ4v) is 2.41. The van der Waals surface area contributed by atoms with E-state index < -0.39 is 0 Å². The maximum absolute atomic E-state index is 12.1. The van der Waals surface area contributed by atoms with Gasteiger partial charge < -0.3 is 16.0 Å². The van der Waals surface area contributed by atoms with E-state index in [-0.39, 0.29) is 12.1 Å². The van der Waals surface area contributed by atoms with E-state index in [0.29, 0.717) is 22.2 Å². The molecule has 0 spiro atoms.